The van der Waals surface area contributed by atoms with Crippen molar-refractivity contribution in [1.82, 2.24) is 0 Å². The predicted octanol–water partition coefficient (Wildman–Crippen LogP) is 2.54. The lowest BCUT2D eigenvalue weighted by Gasteiger charge is -2.07. The molecule has 0 spiro atoms. The SMILES string of the molecule is Nc1ccc(F)c(NC(=O)CCS(=O)c2ccccc2)c1. The van der Waals surface area contributed by atoms with E-state index in [1.54, 1.807) is 24.3 Å². The van der Waals surface area contributed by atoms with Crippen molar-refractivity contribution >= 4 is 28.1 Å². The molecule has 3 N–H and O–H groups in total. The monoisotopic (exact) mass is 306 g/mol. The Kier molecular flexibility index (Phi) is 5.05. The largest absolute Gasteiger partial charge is 0.399 e. The molecule has 4 nitrogen and oxygen atoms in total. The highest BCUT2D eigenvalue weighted by molar-refractivity contribution is 7.85. The van der Waals surface area contributed by atoms with E-state index in [-0.39, 0.29) is 17.9 Å². The number of carbonyl (C=O) groups excluding carboxylic acids is 1. The van der Waals surface area contributed by atoms with Crippen LogP contribution in [0.4, 0.5) is 15.8 Å². The second kappa shape index (κ2) is 6.99. The molecule has 0 aliphatic carbocycles. The van der Waals surface area contributed by atoms with Crippen LogP contribution in [-0.2, 0) is 15.6 Å². The van der Waals surface area contributed by atoms with Crippen molar-refractivity contribution in [2.45, 2.75) is 11.3 Å². The number of rotatable bonds is 5. The molecular weight excluding hydrogens is 291 g/mol. The molecule has 0 bridgehead atoms. The molecule has 2 aromatic rings. The van der Waals surface area contributed by atoms with E-state index in [4.69, 9.17) is 5.73 Å². The summed E-state index contributed by atoms with van der Waals surface area (Å²) in [6.07, 6.45) is 0.0374. The fourth-order valence-corrected chi connectivity index (χ4v) is 2.79. The minimum Gasteiger partial charge on any atom is -0.399 e. The average Bonchev–Trinajstić information content (AvgIpc) is 2.49. The van der Waals surface area contributed by atoms with Gasteiger partial charge in [0.1, 0.15) is 5.82 Å². The van der Waals surface area contributed by atoms with E-state index in [0.29, 0.717) is 10.6 Å². The maximum Gasteiger partial charge on any atom is 0.225 e. The number of benzene rings is 2. The number of nitrogens with one attached hydrogen (secondary N) is 1. The van der Waals surface area contributed by atoms with Crippen molar-refractivity contribution in [3.05, 3.63) is 54.3 Å². The lowest BCUT2D eigenvalue weighted by atomic mass is 10.2. The molecule has 21 heavy (non-hydrogen) atoms. The van der Waals surface area contributed by atoms with Gasteiger partial charge in [0.15, 0.2) is 0 Å². The van der Waals surface area contributed by atoms with Crippen LogP contribution in [0.5, 0.6) is 0 Å². The second-order valence-electron chi connectivity index (χ2n) is 4.40. The molecule has 110 valence electrons. The van der Waals surface area contributed by atoms with Crippen molar-refractivity contribution in [3.8, 4) is 0 Å². The summed E-state index contributed by atoms with van der Waals surface area (Å²) in [5.74, 6) is -0.773. The molecule has 0 aliphatic heterocycles. The van der Waals surface area contributed by atoms with Gasteiger partial charge in [0.25, 0.3) is 0 Å². The first-order chi connectivity index (χ1) is 10.1. The van der Waals surface area contributed by atoms with Gasteiger partial charge in [-0.3, -0.25) is 9.00 Å². The standard InChI is InChI=1S/C15H15FN2O2S/c16-13-7-6-11(17)10-14(13)18-15(19)8-9-21(20)12-4-2-1-3-5-12/h1-7,10H,8-9,17H2,(H,18,19). The molecule has 0 aromatic heterocycles. The fraction of sp³-hybridized carbons (Fsp3) is 0.133. The molecule has 0 fully saturated rings. The molecular formula is C15H15FN2O2S. The van der Waals surface area contributed by atoms with E-state index in [2.05, 4.69) is 5.32 Å². The number of anilines is 2. The Morgan fingerprint density at radius 2 is 1.90 bits per heavy atom. The normalized spacial score (nSPS) is 11.9. The minimum atomic E-state index is -1.25. The van der Waals surface area contributed by atoms with Gasteiger partial charge < -0.3 is 11.1 Å². The Labute approximate surface area is 124 Å². The molecule has 0 radical (unpaired) electrons. The Balaban J connectivity index is 1.91. The number of nitrogen functional groups attached to an aromatic ring is 1. The topological polar surface area (TPSA) is 72.2 Å². The van der Waals surface area contributed by atoms with Crippen molar-refractivity contribution in [2.24, 2.45) is 0 Å². The van der Waals surface area contributed by atoms with Crippen molar-refractivity contribution < 1.29 is 13.4 Å². The summed E-state index contributed by atoms with van der Waals surface area (Å²) < 4.78 is 25.4. The summed E-state index contributed by atoms with van der Waals surface area (Å²) in [5.41, 5.74) is 5.93. The van der Waals surface area contributed by atoms with Crippen LogP contribution in [0.2, 0.25) is 0 Å². The third-order valence-electron chi connectivity index (χ3n) is 2.79. The molecule has 0 heterocycles. The smallest absolute Gasteiger partial charge is 0.225 e. The zero-order chi connectivity index (χ0) is 15.2. The second-order valence-corrected chi connectivity index (χ2v) is 5.97. The van der Waals surface area contributed by atoms with Gasteiger partial charge in [-0.15, -0.1) is 0 Å². The van der Waals surface area contributed by atoms with Gasteiger partial charge >= 0.3 is 0 Å². The number of halogens is 1. The highest BCUT2D eigenvalue weighted by atomic mass is 32.2. The van der Waals surface area contributed by atoms with E-state index in [0.717, 1.165) is 0 Å². The Bertz CT molecular complexity index is 662. The first kappa shape index (κ1) is 15.2. The molecule has 0 aliphatic rings. The number of hydrogen-bond donors (Lipinski definition) is 2. The fourth-order valence-electron chi connectivity index (χ4n) is 1.73. The van der Waals surface area contributed by atoms with E-state index >= 15 is 0 Å². The summed E-state index contributed by atoms with van der Waals surface area (Å²) >= 11 is 0. The summed E-state index contributed by atoms with van der Waals surface area (Å²) in [6.45, 7) is 0. The van der Waals surface area contributed by atoms with Gasteiger partial charge in [-0.2, -0.15) is 0 Å². The van der Waals surface area contributed by atoms with Crippen molar-refractivity contribution in [3.63, 3.8) is 0 Å². The van der Waals surface area contributed by atoms with Crippen molar-refractivity contribution in [1.29, 1.82) is 0 Å². The van der Waals surface area contributed by atoms with Gasteiger partial charge in [-0.25, -0.2) is 4.39 Å². The quantitative estimate of drug-likeness (QED) is 0.834. The average molecular weight is 306 g/mol. The molecule has 2 rings (SSSR count). The molecule has 0 saturated carbocycles. The number of amides is 1. The highest BCUT2D eigenvalue weighted by Gasteiger charge is 2.10. The predicted molar refractivity (Wildman–Crippen MR) is 81.8 cm³/mol. The van der Waals surface area contributed by atoms with E-state index < -0.39 is 22.5 Å². The highest BCUT2D eigenvalue weighted by Crippen LogP contribution is 2.17. The van der Waals surface area contributed by atoms with E-state index in [1.165, 1.54) is 18.2 Å². The first-order valence-electron chi connectivity index (χ1n) is 6.34. The minimum absolute atomic E-state index is 0.0329. The molecule has 6 heteroatoms. The maximum absolute atomic E-state index is 13.5. The lowest BCUT2D eigenvalue weighted by molar-refractivity contribution is -0.115. The van der Waals surface area contributed by atoms with Gasteiger partial charge in [-0.05, 0) is 30.3 Å². The van der Waals surface area contributed by atoms with Gasteiger partial charge in [0, 0.05) is 22.8 Å². The summed E-state index contributed by atoms with van der Waals surface area (Å²) in [4.78, 5) is 12.4. The van der Waals surface area contributed by atoms with Crippen LogP contribution >= 0.6 is 0 Å². The molecule has 1 unspecified atom stereocenters. The zero-order valence-electron chi connectivity index (χ0n) is 11.2. The van der Waals surface area contributed by atoms with Crippen LogP contribution < -0.4 is 11.1 Å². The van der Waals surface area contributed by atoms with Gasteiger partial charge in [0.05, 0.1) is 16.5 Å². The van der Waals surface area contributed by atoms with E-state index in [9.17, 15) is 13.4 Å². The lowest BCUT2D eigenvalue weighted by Crippen LogP contribution is -2.16. The number of carbonyl (C=O) groups is 1. The van der Waals surface area contributed by atoms with E-state index in [1.807, 2.05) is 6.07 Å². The van der Waals surface area contributed by atoms with Crippen LogP contribution in [0.3, 0.4) is 0 Å². The zero-order valence-corrected chi connectivity index (χ0v) is 12.0. The molecule has 0 saturated heterocycles. The third-order valence-corrected chi connectivity index (χ3v) is 4.16. The summed E-state index contributed by atoms with van der Waals surface area (Å²) in [6, 6.07) is 12.8. The Morgan fingerprint density at radius 3 is 2.62 bits per heavy atom. The van der Waals surface area contributed by atoms with Crippen LogP contribution in [0, 0.1) is 5.82 Å². The first-order valence-corrected chi connectivity index (χ1v) is 7.66. The third kappa shape index (κ3) is 4.39. The number of nitrogens with two attached hydrogens (primary N) is 1. The van der Waals surface area contributed by atoms with Crippen molar-refractivity contribution in [2.75, 3.05) is 16.8 Å². The summed E-state index contributed by atoms with van der Waals surface area (Å²) in [5, 5.41) is 2.43. The van der Waals surface area contributed by atoms with Crippen LogP contribution in [0.25, 0.3) is 0 Å². The molecule has 1 amide bonds. The molecule has 2 aromatic carbocycles. The summed E-state index contributed by atoms with van der Waals surface area (Å²) in [7, 11) is -1.25. The number of hydrogen-bond acceptors (Lipinski definition) is 3. The van der Waals surface area contributed by atoms with Gasteiger partial charge in [0.2, 0.25) is 5.91 Å². The molecule has 1 atom stereocenters. The van der Waals surface area contributed by atoms with Crippen LogP contribution in [-0.4, -0.2) is 15.9 Å². The Morgan fingerprint density at radius 1 is 1.19 bits per heavy atom. The van der Waals surface area contributed by atoms with Gasteiger partial charge in [-0.1, -0.05) is 18.2 Å². The maximum atomic E-state index is 13.5. The van der Waals surface area contributed by atoms with Crippen LogP contribution in [0.1, 0.15) is 6.42 Å². The van der Waals surface area contributed by atoms with Crippen LogP contribution in [0.15, 0.2) is 53.4 Å². The Hall–Kier alpha value is -2.21.